The minimum atomic E-state index is -4.52. The maximum Gasteiger partial charge on any atom is 0.273 e. The number of non-ortho nitro benzene ring substituents is 1. The Balaban J connectivity index is 3.27. The fraction of sp³-hybridized carbons (Fsp3) is 0.333. The van der Waals surface area contributed by atoms with Crippen LogP contribution in [0.2, 0.25) is 0 Å². The molecule has 0 heterocycles. The summed E-state index contributed by atoms with van der Waals surface area (Å²) in [5.41, 5.74) is -0.831. The molecule has 8 nitrogen and oxygen atoms in total. The lowest BCUT2D eigenvalue weighted by Crippen LogP contribution is -2.14. The van der Waals surface area contributed by atoms with Crippen molar-refractivity contribution in [1.82, 2.24) is 0 Å². The standard InChI is InChI=1S/C9H9ClFNO7S2/c1-20(15,16)3-2-19-9-7(11)4-6(12(13)14)5-8(9)21(10,17)18/h4-5H,2-3H2,1H3. The molecule has 0 aliphatic carbocycles. The first kappa shape index (κ1) is 17.6. The predicted molar refractivity (Wildman–Crippen MR) is 71.3 cm³/mol. The van der Waals surface area contributed by atoms with E-state index in [9.17, 15) is 31.3 Å². The van der Waals surface area contributed by atoms with Gasteiger partial charge in [-0.05, 0) is 0 Å². The molecule has 1 rings (SSSR count). The molecule has 0 bridgehead atoms. The van der Waals surface area contributed by atoms with Crippen LogP contribution in [0.3, 0.4) is 0 Å². The topological polar surface area (TPSA) is 121 Å². The molecular weight excluding hydrogens is 353 g/mol. The summed E-state index contributed by atoms with van der Waals surface area (Å²) in [6, 6.07) is 0.975. The van der Waals surface area contributed by atoms with Gasteiger partial charge < -0.3 is 4.74 Å². The van der Waals surface area contributed by atoms with E-state index in [4.69, 9.17) is 15.4 Å². The Hall–Kier alpha value is -1.46. The number of hydrogen-bond donors (Lipinski definition) is 0. The Labute approximate surface area is 124 Å². The highest BCUT2D eigenvalue weighted by Crippen LogP contribution is 2.33. The normalized spacial score (nSPS) is 12.1. The number of ether oxygens (including phenoxy) is 1. The van der Waals surface area contributed by atoms with Gasteiger partial charge in [-0.2, -0.15) is 0 Å². The van der Waals surface area contributed by atoms with E-state index >= 15 is 0 Å². The molecule has 0 aliphatic rings. The van der Waals surface area contributed by atoms with Crippen LogP contribution in [0.5, 0.6) is 5.75 Å². The third kappa shape index (κ3) is 5.10. The van der Waals surface area contributed by atoms with E-state index in [0.29, 0.717) is 12.1 Å². The van der Waals surface area contributed by atoms with Crippen molar-refractivity contribution in [1.29, 1.82) is 0 Å². The highest BCUT2D eigenvalue weighted by molar-refractivity contribution is 8.13. The van der Waals surface area contributed by atoms with Gasteiger partial charge in [-0.3, -0.25) is 10.1 Å². The lowest BCUT2D eigenvalue weighted by molar-refractivity contribution is -0.385. The Morgan fingerprint density at radius 2 is 1.90 bits per heavy atom. The third-order valence-electron chi connectivity index (χ3n) is 2.17. The number of sulfone groups is 1. The van der Waals surface area contributed by atoms with E-state index in [1.807, 2.05) is 0 Å². The molecule has 1 aromatic rings. The van der Waals surface area contributed by atoms with E-state index in [0.717, 1.165) is 6.26 Å². The zero-order valence-electron chi connectivity index (χ0n) is 10.4. The Kier molecular flexibility index (Phi) is 5.12. The first-order valence-electron chi connectivity index (χ1n) is 5.15. The first-order valence-corrected chi connectivity index (χ1v) is 9.52. The van der Waals surface area contributed by atoms with Crippen LogP contribution in [0.25, 0.3) is 0 Å². The molecule has 0 fully saturated rings. The second-order valence-corrected chi connectivity index (χ2v) is 8.72. The van der Waals surface area contributed by atoms with E-state index in [2.05, 4.69) is 0 Å². The molecule has 21 heavy (non-hydrogen) atoms. The zero-order chi connectivity index (χ0) is 16.4. The molecule has 118 valence electrons. The fourth-order valence-corrected chi connectivity index (χ4v) is 2.65. The molecule has 0 unspecified atom stereocenters. The van der Waals surface area contributed by atoms with Gasteiger partial charge in [0.15, 0.2) is 21.4 Å². The number of benzene rings is 1. The summed E-state index contributed by atoms with van der Waals surface area (Å²) in [4.78, 5) is 8.62. The van der Waals surface area contributed by atoms with Crippen molar-refractivity contribution in [2.45, 2.75) is 4.90 Å². The molecule has 0 spiro atoms. The van der Waals surface area contributed by atoms with Gasteiger partial charge in [0.2, 0.25) is 0 Å². The SMILES string of the molecule is CS(=O)(=O)CCOc1c(F)cc([N+](=O)[O-])cc1S(=O)(=O)Cl. The molecule has 0 atom stereocenters. The van der Waals surface area contributed by atoms with E-state index in [1.54, 1.807) is 0 Å². The Morgan fingerprint density at radius 3 is 2.33 bits per heavy atom. The number of rotatable bonds is 6. The van der Waals surface area contributed by atoms with Crippen molar-refractivity contribution in [3.05, 3.63) is 28.1 Å². The second-order valence-electron chi connectivity index (χ2n) is 3.93. The van der Waals surface area contributed by atoms with Crippen molar-refractivity contribution >= 4 is 35.3 Å². The fourth-order valence-electron chi connectivity index (χ4n) is 1.28. The van der Waals surface area contributed by atoms with Crippen LogP contribution in [-0.4, -0.2) is 40.4 Å². The summed E-state index contributed by atoms with van der Waals surface area (Å²) in [5.74, 6) is -2.69. The van der Waals surface area contributed by atoms with Gasteiger partial charge in [0.05, 0.1) is 16.7 Å². The molecule has 0 saturated heterocycles. The maximum atomic E-state index is 13.7. The van der Waals surface area contributed by atoms with E-state index in [1.165, 1.54) is 0 Å². The van der Waals surface area contributed by atoms with Crippen molar-refractivity contribution in [2.24, 2.45) is 0 Å². The highest BCUT2D eigenvalue weighted by atomic mass is 35.7. The molecule has 0 amide bonds. The molecule has 0 radical (unpaired) electrons. The first-order chi connectivity index (χ1) is 9.42. The van der Waals surface area contributed by atoms with Gasteiger partial charge in [-0.15, -0.1) is 0 Å². The average molecular weight is 362 g/mol. The lowest BCUT2D eigenvalue weighted by Gasteiger charge is -2.10. The number of nitro groups is 1. The van der Waals surface area contributed by atoms with Crippen LogP contribution in [0.4, 0.5) is 10.1 Å². The quantitative estimate of drug-likeness (QED) is 0.422. The van der Waals surface area contributed by atoms with Crippen LogP contribution in [0.15, 0.2) is 17.0 Å². The lowest BCUT2D eigenvalue weighted by atomic mass is 10.3. The summed E-state index contributed by atoms with van der Waals surface area (Å²) < 4.78 is 63.0. The average Bonchev–Trinajstić information content (AvgIpc) is 2.27. The molecule has 0 aliphatic heterocycles. The summed E-state index contributed by atoms with van der Waals surface area (Å²) in [5, 5.41) is 10.6. The predicted octanol–water partition coefficient (Wildman–Crippen LogP) is 1.08. The van der Waals surface area contributed by atoms with Crippen molar-refractivity contribution in [3.8, 4) is 5.75 Å². The summed E-state index contributed by atoms with van der Waals surface area (Å²) in [6.07, 6.45) is 0.905. The highest BCUT2D eigenvalue weighted by Gasteiger charge is 2.26. The van der Waals surface area contributed by atoms with Crippen LogP contribution < -0.4 is 4.74 Å². The smallest absolute Gasteiger partial charge is 0.273 e. The van der Waals surface area contributed by atoms with Crippen LogP contribution in [0, 0.1) is 15.9 Å². The Morgan fingerprint density at radius 1 is 1.33 bits per heavy atom. The molecular formula is C9H9ClFNO7S2. The van der Waals surface area contributed by atoms with Gasteiger partial charge in [-0.1, -0.05) is 0 Å². The second kappa shape index (κ2) is 6.12. The van der Waals surface area contributed by atoms with Gasteiger partial charge in [0, 0.05) is 23.0 Å². The van der Waals surface area contributed by atoms with Crippen LogP contribution >= 0.6 is 10.7 Å². The monoisotopic (exact) mass is 361 g/mol. The largest absolute Gasteiger partial charge is 0.488 e. The molecule has 1 aromatic carbocycles. The number of halogens is 2. The van der Waals surface area contributed by atoms with Crippen molar-refractivity contribution in [2.75, 3.05) is 18.6 Å². The molecule has 0 N–H and O–H groups in total. The van der Waals surface area contributed by atoms with Crippen molar-refractivity contribution in [3.63, 3.8) is 0 Å². The van der Waals surface area contributed by atoms with E-state index in [-0.39, 0.29) is 0 Å². The van der Waals surface area contributed by atoms with Crippen LogP contribution in [0.1, 0.15) is 0 Å². The zero-order valence-corrected chi connectivity index (χ0v) is 12.8. The summed E-state index contributed by atoms with van der Waals surface area (Å²) in [6.45, 7) is -0.535. The van der Waals surface area contributed by atoms with E-state index < -0.39 is 58.3 Å². The number of hydrogen-bond acceptors (Lipinski definition) is 7. The molecule has 12 heteroatoms. The van der Waals surface area contributed by atoms with Crippen LogP contribution in [-0.2, 0) is 18.9 Å². The minimum Gasteiger partial charge on any atom is -0.488 e. The molecule has 0 aromatic heterocycles. The summed E-state index contributed by atoms with van der Waals surface area (Å²) in [7, 11) is -2.87. The van der Waals surface area contributed by atoms with Gasteiger partial charge in [0.25, 0.3) is 14.7 Å². The number of nitro benzene ring substituents is 1. The third-order valence-corrected chi connectivity index (χ3v) is 4.40. The van der Waals surface area contributed by atoms with Gasteiger partial charge >= 0.3 is 0 Å². The van der Waals surface area contributed by atoms with Crippen molar-refractivity contribution < 1.29 is 30.9 Å². The molecule has 0 saturated carbocycles. The van der Waals surface area contributed by atoms with Gasteiger partial charge in [0.1, 0.15) is 11.5 Å². The van der Waals surface area contributed by atoms with Gasteiger partial charge in [-0.25, -0.2) is 21.2 Å². The Bertz CT molecular complexity index is 776. The maximum absolute atomic E-state index is 13.7. The summed E-state index contributed by atoms with van der Waals surface area (Å²) >= 11 is 0. The number of nitrogens with zero attached hydrogens (tertiary/aromatic N) is 1. The minimum absolute atomic E-state index is 0.446.